The van der Waals surface area contributed by atoms with Crippen LogP contribution < -0.4 is 11.1 Å². The van der Waals surface area contributed by atoms with Crippen LogP contribution in [0.15, 0.2) is 0 Å². The maximum atomic E-state index is 6.16. The second kappa shape index (κ2) is 5.54. The Labute approximate surface area is 79.8 Å². The maximum absolute atomic E-state index is 6.16. The lowest BCUT2D eigenvalue weighted by atomic mass is 9.91. The Bertz CT molecular complexity index is 136. The molecule has 0 aromatic carbocycles. The van der Waals surface area contributed by atoms with Crippen molar-refractivity contribution in [3.05, 3.63) is 0 Å². The summed E-state index contributed by atoms with van der Waals surface area (Å²) in [5.41, 5.74) is 6.09. The standard InChI is InChI=1S/C9H20N2O2/c1-12-7-4-11-8-9(10)2-5-13-6-3-9/h11H,2-8,10H2,1H3. The Morgan fingerprint density at radius 1 is 1.46 bits per heavy atom. The molecule has 1 aliphatic rings. The van der Waals surface area contributed by atoms with Crippen LogP contribution in [0.2, 0.25) is 0 Å². The summed E-state index contributed by atoms with van der Waals surface area (Å²) >= 11 is 0. The summed E-state index contributed by atoms with van der Waals surface area (Å²) < 4.78 is 10.2. The molecule has 1 fully saturated rings. The normalized spacial score (nSPS) is 21.7. The molecule has 3 N–H and O–H groups in total. The first-order valence-electron chi connectivity index (χ1n) is 4.83. The van der Waals surface area contributed by atoms with E-state index in [4.69, 9.17) is 15.2 Å². The Hall–Kier alpha value is -0.160. The molecule has 78 valence electrons. The van der Waals surface area contributed by atoms with E-state index in [2.05, 4.69) is 5.32 Å². The summed E-state index contributed by atoms with van der Waals surface area (Å²) in [7, 11) is 1.70. The minimum absolute atomic E-state index is 0.0635. The molecule has 0 saturated carbocycles. The van der Waals surface area contributed by atoms with Crippen LogP contribution in [-0.4, -0.2) is 45.6 Å². The van der Waals surface area contributed by atoms with Gasteiger partial charge < -0.3 is 20.5 Å². The quantitative estimate of drug-likeness (QED) is 0.583. The van der Waals surface area contributed by atoms with Gasteiger partial charge in [-0.1, -0.05) is 0 Å². The highest BCUT2D eigenvalue weighted by molar-refractivity contribution is 4.88. The van der Waals surface area contributed by atoms with Crippen molar-refractivity contribution in [1.82, 2.24) is 5.32 Å². The van der Waals surface area contributed by atoms with Crippen LogP contribution in [0.5, 0.6) is 0 Å². The highest BCUT2D eigenvalue weighted by Gasteiger charge is 2.26. The van der Waals surface area contributed by atoms with E-state index in [9.17, 15) is 0 Å². The summed E-state index contributed by atoms with van der Waals surface area (Å²) in [5, 5.41) is 3.29. The molecule has 4 nitrogen and oxygen atoms in total. The Morgan fingerprint density at radius 2 is 2.15 bits per heavy atom. The summed E-state index contributed by atoms with van der Waals surface area (Å²) in [6, 6.07) is 0. The fourth-order valence-corrected chi connectivity index (χ4v) is 1.47. The highest BCUT2D eigenvalue weighted by Crippen LogP contribution is 2.16. The second-order valence-electron chi connectivity index (χ2n) is 3.64. The molecule has 4 heteroatoms. The summed E-state index contributed by atoms with van der Waals surface area (Å²) in [5.74, 6) is 0. The first-order valence-corrected chi connectivity index (χ1v) is 4.83. The Morgan fingerprint density at radius 3 is 2.77 bits per heavy atom. The van der Waals surface area contributed by atoms with Gasteiger partial charge in [0.15, 0.2) is 0 Å². The van der Waals surface area contributed by atoms with Crippen molar-refractivity contribution in [1.29, 1.82) is 0 Å². The van der Waals surface area contributed by atoms with Crippen LogP contribution in [0.1, 0.15) is 12.8 Å². The fraction of sp³-hybridized carbons (Fsp3) is 1.00. The van der Waals surface area contributed by atoms with E-state index in [-0.39, 0.29) is 5.54 Å². The number of rotatable bonds is 5. The van der Waals surface area contributed by atoms with E-state index in [1.54, 1.807) is 7.11 Å². The van der Waals surface area contributed by atoms with E-state index in [1.165, 1.54) is 0 Å². The van der Waals surface area contributed by atoms with Gasteiger partial charge in [-0.15, -0.1) is 0 Å². The molecule has 0 spiro atoms. The van der Waals surface area contributed by atoms with Crippen molar-refractivity contribution in [3.63, 3.8) is 0 Å². The topological polar surface area (TPSA) is 56.5 Å². The van der Waals surface area contributed by atoms with Crippen molar-refractivity contribution < 1.29 is 9.47 Å². The van der Waals surface area contributed by atoms with E-state index in [0.29, 0.717) is 0 Å². The van der Waals surface area contributed by atoms with Gasteiger partial charge in [-0.3, -0.25) is 0 Å². The van der Waals surface area contributed by atoms with Gasteiger partial charge in [0, 0.05) is 39.0 Å². The zero-order chi connectivity index (χ0) is 9.57. The third-order valence-electron chi connectivity index (χ3n) is 2.45. The number of nitrogens with two attached hydrogens (primary N) is 1. The third kappa shape index (κ3) is 4.04. The Balaban J connectivity index is 2.10. The van der Waals surface area contributed by atoms with Crippen LogP contribution in [0.3, 0.4) is 0 Å². The molecule has 0 amide bonds. The molecule has 1 heterocycles. The molecule has 0 bridgehead atoms. The summed E-state index contributed by atoms with van der Waals surface area (Å²) in [6.07, 6.45) is 1.90. The average Bonchev–Trinajstić information content (AvgIpc) is 2.14. The van der Waals surface area contributed by atoms with Crippen molar-refractivity contribution in [2.24, 2.45) is 5.73 Å². The fourth-order valence-electron chi connectivity index (χ4n) is 1.47. The molecule has 0 radical (unpaired) electrons. The zero-order valence-electron chi connectivity index (χ0n) is 8.34. The van der Waals surface area contributed by atoms with Gasteiger partial charge in [0.25, 0.3) is 0 Å². The molecular weight excluding hydrogens is 168 g/mol. The van der Waals surface area contributed by atoms with Crippen LogP contribution in [0, 0.1) is 0 Å². The van der Waals surface area contributed by atoms with Crippen LogP contribution >= 0.6 is 0 Å². The van der Waals surface area contributed by atoms with Crippen LogP contribution in [-0.2, 0) is 9.47 Å². The van der Waals surface area contributed by atoms with Crippen molar-refractivity contribution in [2.75, 3.05) is 40.0 Å². The van der Waals surface area contributed by atoms with Crippen LogP contribution in [0.25, 0.3) is 0 Å². The summed E-state index contributed by atoms with van der Waals surface area (Å²) in [4.78, 5) is 0. The lowest BCUT2D eigenvalue weighted by molar-refractivity contribution is 0.0526. The van der Waals surface area contributed by atoms with Crippen LogP contribution in [0.4, 0.5) is 0 Å². The molecule has 0 aliphatic carbocycles. The third-order valence-corrected chi connectivity index (χ3v) is 2.45. The van der Waals surface area contributed by atoms with E-state index in [1.807, 2.05) is 0 Å². The summed E-state index contributed by atoms with van der Waals surface area (Å²) in [6.45, 7) is 4.06. The van der Waals surface area contributed by atoms with E-state index < -0.39 is 0 Å². The SMILES string of the molecule is COCCNCC1(N)CCOCC1. The predicted molar refractivity (Wildman–Crippen MR) is 51.7 cm³/mol. The van der Waals surface area contributed by atoms with E-state index >= 15 is 0 Å². The maximum Gasteiger partial charge on any atom is 0.0587 e. The van der Waals surface area contributed by atoms with Crippen molar-refractivity contribution in [3.8, 4) is 0 Å². The van der Waals surface area contributed by atoms with Gasteiger partial charge in [-0.25, -0.2) is 0 Å². The van der Waals surface area contributed by atoms with Gasteiger partial charge >= 0.3 is 0 Å². The molecular formula is C9H20N2O2. The predicted octanol–water partition coefficient (Wildman–Crippen LogP) is -0.270. The molecule has 1 rings (SSSR count). The molecule has 0 unspecified atom stereocenters. The largest absolute Gasteiger partial charge is 0.383 e. The highest BCUT2D eigenvalue weighted by atomic mass is 16.5. The van der Waals surface area contributed by atoms with Crippen molar-refractivity contribution in [2.45, 2.75) is 18.4 Å². The molecule has 13 heavy (non-hydrogen) atoms. The van der Waals surface area contributed by atoms with Gasteiger partial charge in [0.2, 0.25) is 0 Å². The molecule has 1 aliphatic heterocycles. The first kappa shape index (κ1) is 10.9. The second-order valence-corrected chi connectivity index (χ2v) is 3.64. The minimum Gasteiger partial charge on any atom is -0.383 e. The smallest absolute Gasteiger partial charge is 0.0587 e. The van der Waals surface area contributed by atoms with E-state index in [0.717, 1.165) is 45.8 Å². The first-order chi connectivity index (χ1) is 6.27. The van der Waals surface area contributed by atoms with Gasteiger partial charge in [-0.05, 0) is 12.8 Å². The minimum atomic E-state index is -0.0635. The zero-order valence-corrected chi connectivity index (χ0v) is 8.34. The molecule has 0 aromatic heterocycles. The van der Waals surface area contributed by atoms with Gasteiger partial charge in [0.05, 0.1) is 6.61 Å². The lowest BCUT2D eigenvalue weighted by Crippen LogP contribution is -2.52. The monoisotopic (exact) mass is 188 g/mol. The molecule has 1 saturated heterocycles. The van der Waals surface area contributed by atoms with Crippen molar-refractivity contribution >= 4 is 0 Å². The molecule has 0 aromatic rings. The number of ether oxygens (including phenoxy) is 2. The number of hydrogen-bond donors (Lipinski definition) is 2. The number of methoxy groups -OCH3 is 1. The van der Waals surface area contributed by atoms with Gasteiger partial charge in [0.1, 0.15) is 0 Å². The molecule has 0 atom stereocenters. The Kier molecular flexibility index (Phi) is 4.66. The number of nitrogens with one attached hydrogen (secondary N) is 1. The average molecular weight is 188 g/mol. The lowest BCUT2D eigenvalue weighted by Gasteiger charge is -2.33. The van der Waals surface area contributed by atoms with Gasteiger partial charge in [-0.2, -0.15) is 0 Å². The number of hydrogen-bond acceptors (Lipinski definition) is 4.